The number of rotatable bonds is 6. The molecule has 172 valence electrons. The van der Waals surface area contributed by atoms with Gasteiger partial charge in [0.2, 0.25) is 5.95 Å². The second kappa shape index (κ2) is 9.52. The van der Waals surface area contributed by atoms with Crippen LogP contribution in [0.1, 0.15) is 30.7 Å². The van der Waals surface area contributed by atoms with Crippen molar-refractivity contribution >= 4 is 23.3 Å². The van der Waals surface area contributed by atoms with Gasteiger partial charge in [0, 0.05) is 42.9 Å². The Labute approximate surface area is 199 Å². The van der Waals surface area contributed by atoms with Crippen LogP contribution in [0.25, 0.3) is 11.5 Å². The third-order valence-electron chi connectivity index (χ3n) is 5.92. The Kier molecular flexibility index (Phi) is 6.14. The molecule has 8 nitrogen and oxygen atoms in total. The Morgan fingerprint density at radius 1 is 0.853 bits per heavy atom. The van der Waals surface area contributed by atoms with Gasteiger partial charge in [0.1, 0.15) is 17.3 Å². The minimum absolute atomic E-state index is 0.524. The molecule has 1 aliphatic rings. The van der Waals surface area contributed by atoms with Crippen LogP contribution in [-0.4, -0.2) is 42.4 Å². The highest BCUT2D eigenvalue weighted by Gasteiger charge is 2.18. The number of pyridine rings is 1. The van der Waals surface area contributed by atoms with Crippen molar-refractivity contribution in [2.24, 2.45) is 0 Å². The molecule has 1 aliphatic heterocycles. The first-order chi connectivity index (χ1) is 16.5. The lowest BCUT2D eigenvalue weighted by molar-refractivity contribution is 0.203. The highest BCUT2D eigenvalue weighted by Crippen LogP contribution is 2.25. The average molecular weight is 453 g/mol. The fourth-order valence-corrected chi connectivity index (χ4v) is 4.07. The van der Waals surface area contributed by atoms with Crippen LogP contribution < -0.4 is 10.6 Å². The summed E-state index contributed by atoms with van der Waals surface area (Å²) in [6.45, 7) is 8.52. The Morgan fingerprint density at radius 3 is 2.50 bits per heavy atom. The number of benzene rings is 1. The molecule has 4 heterocycles. The zero-order valence-electron chi connectivity index (χ0n) is 19.7. The SMILES string of the molecule is Cc1cccc(-c2nccc(Nc3ccnc(Nc4ccc5c(c4)CN(C(C)C)CC5)n3)n2)n1. The van der Waals surface area contributed by atoms with E-state index in [2.05, 4.69) is 72.5 Å². The zero-order valence-corrected chi connectivity index (χ0v) is 19.7. The van der Waals surface area contributed by atoms with Gasteiger partial charge >= 0.3 is 0 Å². The third-order valence-corrected chi connectivity index (χ3v) is 5.92. The summed E-state index contributed by atoms with van der Waals surface area (Å²) in [6, 6.07) is 16.5. The average Bonchev–Trinajstić information content (AvgIpc) is 2.84. The molecule has 0 bridgehead atoms. The number of fused-ring (bicyclic) bond motifs is 1. The second-order valence-electron chi connectivity index (χ2n) is 8.74. The van der Waals surface area contributed by atoms with E-state index in [9.17, 15) is 0 Å². The van der Waals surface area contributed by atoms with Crippen LogP contribution in [0.15, 0.2) is 60.9 Å². The molecule has 3 aromatic heterocycles. The fraction of sp³-hybridized carbons (Fsp3) is 0.269. The molecule has 1 aromatic carbocycles. The predicted octanol–water partition coefficient (Wildman–Crippen LogP) is 4.89. The van der Waals surface area contributed by atoms with E-state index in [1.54, 1.807) is 18.5 Å². The summed E-state index contributed by atoms with van der Waals surface area (Å²) < 4.78 is 0. The number of aromatic nitrogens is 5. The molecule has 5 rings (SSSR count). The molecule has 0 amide bonds. The summed E-state index contributed by atoms with van der Waals surface area (Å²) >= 11 is 0. The van der Waals surface area contributed by atoms with Gasteiger partial charge in [0.25, 0.3) is 0 Å². The Hall–Kier alpha value is -3.91. The normalized spacial score (nSPS) is 13.5. The summed E-state index contributed by atoms with van der Waals surface area (Å²) in [5, 5.41) is 6.59. The van der Waals surface area contributed by atoms with Crippen LogP contribution in [0, 0.1) is 6.92 Å². The molecule has 8 heteroatoms. The van der Waals surface area contributed by atoms with Crippen LogP contribution >= 0.6 is 0 Å². The van der Waals surface area contributed by atoms with Crippen molar-refractivity contribution in [1.82, 2.24) is 29.8 Å². The molecule has 0 fully saturated rings. The van der Waals surface area contributed by atoms with Gasteiger partial charge in [-0.25, -0.2) is 19.9 Å². The lowest BCUT2D eigenvalue weighted by Gasteiger charge is -2.32. The molecule has 0 aliphatic carbocycles. The summed E-state index contributed by atoms with van der Waals surface area (Å²) in [5.74, 6) is 2.37. The minimum atomic E-state index is 0.524. The fourth-order valence-electron chi connectivity index (χ4n) is 4.07. The van der Waals surface area contributed by atoms with E-state index in [-0.39, 0.29) is 0 Å². The molecule has 0 saturated heterocycles. The molecular formula is C26H28N8. The molecule has 2 N–H and O–H groups in total. The van der Waals surface area contributed by atoms with Crippen LogP contribution in [0.5, 0.6) is 0 Å². The van der Waals surface area contributed by atoms with Gasteiger partial charge < -0.3 is 10.6 Å². The largest absolute Gasteiger partial charge is 0.325 e. The summed E-state index contributed by atoms with van der Waals surface area (Å²) in [6.07, 6.45) is 4.52. The monoisotopic (exact) mass is 452 g/mol. The van der Waals surface area contributed by atoms with E-state index in [0.29, 0.717) is 29.5 Å². The molecule has 34 heavy (non-hydrogen) atoms. The van der Waals surface area contributed by atoms with Gasteiger partial charge in [-0.05, 0) is 74.7 Å². The van der Waals surface area contributed by atoms with Gasteiger partial charge in [-0.3, -0.25) is 4.90 Å². The van der Waals surface area contributed by atoms with Crippen LogP contribution in [0.3, 0.4) is 0 Å². The number of nitrogens with one attached hydrogen (secondary N) is 2. The Bertz CT molecular complexity index is 1300. The number of hydrogen-bond acceptors (Lipinski definition) is 8. The van der Waals surface area contributed by atoms with E-state index in [0.717, 1.165) is 36.6 Å². The quantitative estimate of drug-likeness (QED) is 0.427. The molecule has 0 radical (unpaired) electrons. The van der Waals surface area contributed by atoms with Gasteiger partial charge in [-0.1, -0.05) is 12.1 Å². The van der Waals surface area contributed by atoms with Crippen molar-refractivity contribution in [2.45, 2.75) is 39.8 Å². The van der Waals surface area contributed by atoms with Gasteiger partial charge in [-0.2, -0.15) is 4.98 Å². The van der Waals surface area contributed by atoms with Crippen molar-refractivity contribution in [1.29, 1.82) is 0 Å². The molecule has 0 spiro atoms. The molecule has 0 unspecified atom stereocenters. The minimum Gasteiger partial charge on any atom is -0.325 e. The first-order valence-corrected chi connectivity index (χ1v) is 11.5. The highest BCUT2D eigenvalue weighted by molar-refractivity contribution is 5.60. The van der Waals surface area contributed by atoms with Crippen LogP contribution in [0.2, 0.25) is 0 Å². The number of hydrogen-bond donors (Lipinski definition) is 2. The first kappa shape index (κ1) is 21.9. The summed E-state index contributed by atoms with van der Waals surface area (Å²) in [7, 11) is 0. The molecule has 4 aromatic rings. The van der Waals surface area contributed by atoms with E-state index in [1.807, 2.05) is 31.2 Å². The van der Waals surface area contributed by atoms with Crippen LogP contribution in [-0.2, 0) is 13.0 Å². The van der Waals surface area contributed by atoms with E-state index in [4.69, 9.17) is 0 Å². The van der Waals surface area contributed by atoms with Crippen molar-refractivity contribution in [3.63, 3.8) is 0 Å². The van der Waals surface area contributed by atoms with Gasteiger partial charge in [-0.15, -0.1) is 0 Å². The summed E-state index contributed by atoms with van der Waals surface area (Å²) in [5.41, 5.74) is 5.41. The Balaban J connectivity index is 1.31. The maximum absolute atomic E-state index is 4.62. The Morgan fingerprint density at radius 2 is 1.68 bits per heavy atom. The van der Waals surface area contributed by atoms with Crippen molar-refractivity contribution in [3.05, 3.63) is 77.7 Å². The predicted molar refractivity (Wildman–Crippen MR) is 134 cm³/mol. The zero-order chi connectivity index (χ0) is 23.5. The van der Waals surface area contributed by atoms with E-state index in [1.165, 1.54) is 11.1 Å². The molecular weight excluding hydrogens is 424 g/mol. The summed E-state index contributed by atoms with van der Waals surface area (Å²) in [4.78, 5) is 25.0. The lowest BCUT2D eigenvalue weighted by Crippen LogP contribution is -2.35. The third kappa shape index (κ3) is 5.02. The van der Waals surface area contributed by atoms with Gasteiger partial charge in [0.05, 0.1) is 0 Å². The highest BCUT2D eigenvalue weighted by atomic mass is 15.2. The topological polar surface area (TPSA) is 91.8 Å². The maximum atomic E-state index is 4.62. The maximum Gasteiger partial charge on any atom is 0.229 e. The second-order valence-corrected chi connectivity index (χ2v) is 8.74. The molecule has 0 saturated carbocycles. The van der Waals surface area contributed by atoms with Crippen molar-refractivity contribution in [3.8, 4) is 11.5 Å². The number of nitrogens with zero attached hydrogens (tertiary/aromatic N) is 6. The van der Waals surface area contributed by atoms with E-state index >= 15 is 0 Å². The smallest absolute Gasteiger partial charge is 0.229 e. The van der Waals surface area contributed by atoms with Crippen molar-refractivity contribution < 1.29 is 0 Å². The van der Waals surface area contributed by atoms with Gasteiger partial charge in [0.15, 0.2) is 5.82 Å². The standard InChI is InChI=1S/C26H28N8/c1-17(2)34-14-11-19-7-8-21(15-20(19)16-34)30-26-28-13-10-24(33-26)31-23-9-12-27-25(32-23)22-6-4-5-18(3)29-22/h4-10,12-13,15,17H,11,14,16H2,1-3H3,(H2,27,28,30,31,32,33). The number of aryl methyl sites for hydroxylation is 1. The van der Waals surface area contributed by atoms with E-state index < -0.39 is 0 Å². The van der Waals surface area contributed by atoms with Crippen molar-refractivity contribution in [2.75, 3.05) is 17.2 Å². The molecule has 0 atom stereocenters. The first-order valence-electron chi connectivity index (χ1n) is 11.5. The van der Waals surface area contributed by atoms with Crippen LogP contribution in [0.4, 0.5) is 23.3 Å². The lowest BCUT2D eigenvalue weighted by atomic mass is 9.98. The number of anilines is 4.